The lowest BCUT2D eigenvalue weighted by Gasteiger charge is -2.08. The Hall–Kier alpha value is -1.98. The van der Waals surface area contributed by atoms with Crippen molar-refractivity contribution in [1.29, 1.82) is 0 Å². The molecule has 0 aliphatic carbocycles. The van der Waals surface area contributed by atoms with Gasteiger partial charge in [0.2, 0.25) is 0 Å². The fraction of sp³-hybridized carbons (Fsp3) is 0.308. The molecule has 0 spiro atoms. The molecular formula is C13H13F3O3. The second kappa shape index (κ2) is 6.82. The van der Waals surface area contributed by atoms with E-state index in [9.17, 15) is 18.0 Å². The predicted molar refractivity (Wildman–Crippen MR) is 62.6 cm³/mol. The average Bonchev–Trinajstić information content (AvgIpc) is 2.30. The van der Waals surface area contributed by atoms with Crippen molar-refractivity contribution in [1.82, 2.24) is 0 Å². The van der Waals surface area contributed by atoms with Crippen molar-refractivity contribution in [2.45, 2.75) is 19.7 Å². The minimum absolute atomic E-state index is 0.273. The number of carbonyl (C=O) groups is 1. The molecule has 0 unspecified atom stereocenters. The summed E-state index contributed by atoms with van der Waals surface area (Å²) in [4.78, 5) is 11.0. The first-order chi connectivity index (χ1) is 8.90. The van der Waals surface area contributed by atoms with Gasteiger partial charge in [-0.1, -0.05) is 18.2 Å². The third-order valence-corrected chi connectivity index (χ3v) is 2.05. The number of carbonyl (C=O) groups excluding carboxylic acids is 1. The van der Waals surface area contributed by atoms with Crippen LogP contribution in [0.2, 0.25) is 0 Å². The zero-order valence-corrected chi connectivity index (χ0v) is 10.2. The largest absolute Gasteiger partial charge is 0.573 e. The maximum atomic E-state index is 11.9. The third-order valence-electron chi connectivity index (χ3n) is 2.05. The van der Waals surface area contributed by atoms with Crippen molar-refractivity contribution in [3.63, 3.8) is 0 Å². The number of allylic oxidation sites excluding steroid dienone is 1. The monoisotopic (exact) mass is 274 g/mol. The van der Waals surface area contributed by atoms with Crippen molar-refractivity contribution < 1.29 is 27.4 Å². The highest BCUT2D eigenvalue weighted by molar-refractivity contribution is 5.81. The maximum absolute atomic E-state index is 11.9. The molecule has 0 amide bonds. The summed E-state index contributed by atoms with van der Waals surface area (Å²) in [5.74, 6) is -0.717. The lowest BCUT2D eigenvalue weighted by Crippen LogP contribution is -2.16. The summed E-state index contributed by atoms with van der Waals surface area (Å²) in [5, 5.41) is 0. The van der Waals surface area contributed by atoms with Crippen molar-refractivity contribution in [3.8, 4) is 5.75 Å². The number of esters is 1. The lowest BCUT2D eigenvalue weighted by atomic mass is 10.1. The number of ether oxygens (including phenoxy) is 2. The van der Waals surface area contributed by atoms with E-state index in [0.29, 0.717) is 13.0 Å². The van der Waals surface area contributed by atoms with Gasteiger partial charge >= 0.3 is 12.3 Å². The van der Waals surface area contributed by atoms with Crippen LogP contribution in [0.25, 0.3) is 0 Å². The van der Waals surface area contributed by atoms with Crippen molar-refractivity contribution in [2.24, 2.45) is 0 Å². The minimum Gasteiger partial charge on any atom is -0.463 e. The molecule has 0 N–H and O–H groups in total. The summed E-state index contributed by atoms with van der Waals surface area (Å²) in [6.45, 7) is 2.00. The van der Waals surface area contributed by atoms with E-state index in [2.05, 4.69) is 9.47 Å². The molecule has 0 fully saturated rings. The SMILES string of the molecule is CCOC(=O)/C=C/Cc1ccc(OC(F)(F)F)cc1. The summed E-state index contributed by atoms with van der Waals surface area (Å²) < 4.78 is 44.2. The smallest absolute Gasteiger partial charge is 0.463 e. The number of hydrogen-bond donors (Lipinski definition) is 0. The highest BCUT2D eigenvalue weighted by Gasteiger charge is 2.30. The van der Waals surface area contributed by atoms with Crippen molar-refractivity contribution in [3.05, 3.63) is 42.0 Å². The van der Waals surface area contributed by atoms with E-state index < -0.39 is 12.3 Å². The molecule has 104 valence electrons. The fourth-order valence-corrected chi connectivity index (χ4v) is 1.31. The summed E-state index contributed by atoms with van der Waals surface area (Å²) in [6, 6.07) is 5.44. The molecule has 0 radical (unpaired) electrons. The quantitative estimate of drug-likeness (QED) is 0.610. The molecule has 0 saturated heterocycles. The Morgan fingerprint density at radius 1 is 1.26 bits per heavy atom. The molecular weight excluding hydrogens is 261 g/mol. The normalized spacial score (nSPS) is 11.6. The van der Waals surface area contributed by atoms with E-state index in [0.717, 1.165) is 5.56 Å². The molecule has 19 heavy (non-hydrogen) atoms. The molecule has 1 aromatic carbocycles. The molecule has 0 heterocycles. The molecule has 6 heteroatoms. The van der Waals surface area contributed by atoms with Gasteiger partial charge < -0.3 is 9.47 Å². The van der Waals surface area contributed by atoms with Crippen LogP contribution in [-0.4, -0.2) is 18.9 Å². The molecule has 0 atom stereocenters. The van der Waals surface area contributed by atoms with Crippen molar-refractivity contribution >= 4 is 5.97 Å². The van der Waals surface area contributed by atoms with Crippen LogP contribution in [0.1, 0.15) is 12.5 Å². The first-order valence-corrected chi connectivity index (χ1v) is 5.58. The van der Waals surface area contributed by atoms with Gasteiger partial charge in [-0.25, -0.2) is 4.79 Å². The third kappa shape index (κ3) is 6.49. The highest BCUT2D eigenvalue weighted by atomic mass is 19.4. The topological polar surface area (TPSA) is 35.5 Å². The van der Waals surface area contributed by atoms with E-state index in [4.69, 9.17) is 0 Å². The first kappa shape index (κ1) is 15.1. The summed E-state index contributed by atoms with van der Waals surface area (Å²) in [7, 11) is 0. The van der Waals surface area contributed by atoms with E-state index in [1.54, 1.807) is 13.0 Å². The van der Waals surface area contributed by atoms with Gasteiger partial charge in [0, 0.05) is 6.08 Å². The Balaban J connectivity index is 2.51. The summed E-state index contributed by atoms with van der Waals surface area (Å²) in [5.41, 5.74) is 0.759. The molecule has 0 aliphatic rings. The van der Waals surface area contributed by atoms with Crippen molar-refractivity contribution in [2.75, 3.05) is 6.61 Å². The number of alkyl halides is 3. The van der Waals surface area contributed by atoms with Crippen LogP contribution in [0.5, 0.6) is 5.75 Å². The number of benzene rings is 1. The number of halogens is 3. The fourth-order valence-electron chi connectivity index (χ4n) is 1.31. The molecule has 0 bridgehead atoms. The van der Waals surface area contributed by atoms with Crippen LogP contribution < -0.4 is 4.74 Å². The molecule has 1 rings (SSSR count). The van der Waals surface area contributed by atoms with Crippen LogP contribution in [0.15, 0.2) is 36.4 Å². The number of rotatable bonds is 5. The molecule has 3 nitrogen and oxygen atoms in total. The molecule has 0 saturated carbocycles. The van der Waals surface area contributed by atoms with Crippen LogP contribution in [0.3, 0.4) is 0 Å². The zero-order chi connectivity index (χ0) is 14.3. The standard InChI is InChI=1S/C13H13F3O3/c1-2-18-12(17)5-3-4-10-6-8-11(9-7-10)19-13(14,15)16/h3,5-9H,2,4H2,1H3/b5-3+. The maximum Gasteiger partial charge on any atom is 0.573 e. The Labute approximate surface area is 108 Å². The Kier molecular flexibility index (Phi) is 5.41. The van der Waals surface area contributed by atoms with E-state index in [1.165, 1.54) is 30.3 Å². The van der Waals surface area contributed by atoms with Gasteiger partial charge in [-0.15, -0.1) is 13.2 Å². The van der Waals surface area contributed by atoms with Gasteiger partial charge in [-0.05, 0) is 31.0 Å². The second-order valence-electron chi connectivity index (χ2n) is 3.55. The van der Waals surface area contributed by atoms with E-state index in [1.807, 2.05) is 0 Å². The predicted octanol–water partition coefficient (Wildman–Crippen LogP) is 3.25. The van der Waals surface area contributed by atoms with E-state index in [-0.39, 0.29) is 5.75 Å². The zero-order valence-electron chi connectivity index (χ0n) is 10.2. The van der Waals surface area contributed by atoms with Gasteiger partial charge in [0.25, 0.3) is 0 Å². The molecule has 0 aliphatic heterocycles. The Morgan fingerprint density at radius 2 is 1.89 bits per heavy atom. The Bertz CT molecular complexity index is 435. The molecule has 0 aromatic heterocycles. The summed E-state index contributed by atoms with van der Waals surface area (Å²) in [6.07, 6.45) is -1.41. The Morgan fingerprint density at radius 3 is 2.42 bits per heavy atom. The molecule has 1 aromatic rings. The minimum atomic E-state index is -4.69. The second-order valence-corrected chi connectivity index (χ2v) is 3.55. The van der Waals surface area contributed by atoms with Gasteiger partial charge in [0.15, 0.2) is 0 Å². The van der Waals surface area contributed by atoms with Gasteiger partial charge in [0.1, 0.15) is 5.75 Å². The van der Waals surface area contributed by atoms with Gasteiger partial charge in [-0.2, -0.15) is 0 Å². The number of hydrogen-bond acceptors (Lipinski definition) is 3. The van der Waals surface area contributed by atoms with E-state index >= 15 is 0 Å². The first-order valence-electron chi connectivity index (χ1n) is 5.58. The van der Waals surface area contributed by atoms with Crippen LogP contribution in [0.4, 0.5) is 13.2 Å². The summed E-state index contributed by atoms with van der Waals surface area (Å²) >= 11 is 0. The van der Waals surface area contributed by atoms with Crippen LogP contribution in [-0.2, 0) is 16.0 Å². The van der Waals surface area contributed by atoms with Gasteiger partial charge in [0.05, 0.1) is 6.61 Å². The van der Waals surface area contributed by atoms with Gasteiger partial charge in [-0.3, -0.25) is 0 Å². The average molecular weight is 274 g/mol. The highest BCUT2D eigenvalue weighted by Crippen LogP contribution is 2.22. The van der Waals surface area contributed by atoms with Crippen LogP contribution in [0, 0.1) is 0 Å². The van der Waals surface area contributed by atoms with Crippen LogP contribution >= 0.6 is 0 Å². The lowest BCUT2D eigenvalue weighted by molar-refractivity contribution is -0.274.